The van der Waals surface area contributed by atoms with Crippen molar-refractivity contribution < 1.29 is 13.2 Å². The van der Waals surface area contributed by atoms with Gasteiger partial charge in [0.05, 0.1) is 6.54 Å². The van der Waals surface area contributed by atoms with Gasteiger partial charge in [0.1, 0.15) is 0 Å². The molecule has 0 fully saturated rings. The van der Waals surface area contributed by atoms with E-state index in [2.05, 4.69) is 5.32 Å². The molecule has 3 nitrogen and oxygen atoms in total. The number of hydrogen-bond donors (Lipinski definition) is 1. The van der Waals surface area contributed by atoms with Gasteiger partial charge in [-0.05, 0) is 0 Å². The van der Waals surface area contributed by atoms with Crippen molar-refractivity contribution in [2.45, 2.75) is 12.7 Å². The lowest BCUT2D eigenvalue weighted by molar-refractivity contribution is -0.124. The molecule has 84 valence electrons. The van der Waals surface area contributed by atoms with Gasteiger partial charge >= 0.3 is 6.18 Å². The third kappa shape index (κ3) is 5.21. The highest BCUT2D eigenvalue weighted by Gasteiger charge is 2.25. The smallest absolute Gasteiger partial charge is 0.353 e. The van der Waals surface area contributed by atoms with Crippen LogP contribution in [0.2, 0.25) is 0 Å². The van der Waals surface area contributed by atoms with Crippen LogP contribution in [0, 0.1) is 0 Å². The number of nitrogens with zero attached hydrogens (tertiary/aromatic N) is 1. The fourth-order valence-corrected chi connectivity index (χ4v) is 1.03. The van der Waals surface area contributed by atoms with Gasteiger partial charge in [0.15, 0.2) is 5.43 Å². The van der Waals surface area contributed by atoms with Crippen LogP contribution in [0.4, 0.5) is 13.2 Å². The van der Waals surface area contributed by atoms with E-state index in [4.69, 9.17) is 0 Å². The van der Waals surface area contributed by atoms with E-state index in [1.165, 1.54) is 24.5 Å². The first-order valence-electron chi connectivity index (χ1n) is 4.41. The second kappa shape index (κ2) is 4.97. The van der Waals surface area contributed by atoms with Gasteiger partial charge in [-0.2, -0.15) is 13.2 Å². The van der Waals surface area contributed by atoms with E-state index in [-0.39, 0.29) is 12.0 Å². The zero-order chi connectivity index (χ0) is 11.3. The molecule has 0 saturated carbocycles. The Bertz CT molecular complexity index is 339. The summed E-state index contributed by atoms with van der Waals surface area (Å²) in [6.45, 7) is -0.383. The average molecular weight is 220 g/mol. The molecule has 1 aromatic rings. The number of pyridine rings is 1. The van der Waals surface area contributed by atoms with Gasteiger partial charge in [0.2, 0.25) is 0 Å². The highest BCUT2D eigenvalue weighted by Crippen LogP contribution is 2.11. The minimum atomic E-state index is -4.18. The van der Waals surface area contributed by atoms with Gasteiger partial charge in [0, 0.05) is 37.6 Å². The predicted molar refractivity (Wildman–Crippen MR) is 49.6 cm³/mol. The van der Waals surface area contributed by atoms with Gasteiger partial charge < -0.3 is 9.88 Å². The van der Waals surface area contributed by atoms with Gasteiger partial charge in [-0.1, -0.05) is 0 Å². The standard InChI is InChI=1S/C9H11F3N2O/c10-9(11,12)7-13-3-6-14-4-1-8(15)2-5-14/h1-2,4-5,13H,3,6-7H2. The maximum absolute atomic E-state index is 11.7. The SMILES string of the molecule is O=c1ccn(CCNCC(F)(F)F)cc1. The van der Waals surface area contributed by atoms with Crippen LogP contribution in [-0.2, 0) is 6.54 Å². The van der Waals surface area contributed by atoms with Crippen LogP contribution < -0.4 is 10.7 Å². The molecule has 0 aliphatic carbocycles. The van der Waals surface area contributed by atoms with Gasteiger partial charge in [-0.15, -0.1) is 0 Å². The molecule has 0 bridgehead atoms. The van der Waals surface area contributed by atoms with Crippen molar-refractivity contribution in [3.63, 3.8) is 0 Å². The van der Waals surface area contributed by atoms with Gasteiger partial charge in [-0.25, -0.2) is 0 Å². The summed E-state index contributed by atoms with van der Waals surface area (Å²) in [4.78, 5) is 10.7. The van der Waals surface area contributed by atoms with E-state index in [0.29, 0.717) is 6.54 Å². The van der Waals surface area contributed by atoms with Crippen LogP contribution in [0.15, 0.2) is 29.3 Å². The summed E-state index contributed by atoms with van der Waals surface area (Å²) in [5, 5.41) is 2.26. The Morgan fingerprint density at radius 1 is 1.27 bits per heavy atom. The van der Waals surface area contributed by atoms with Crippen LogP contribution in [-0.4, -0.2) is 23.8 Å². The molecular weight excluding hydrogens is 209 g/mol. The van der Waals surface area contributed by atoms with Crippen molar-refractivity contribution in [1.29, 1.82) is 0 Å². The predicted octanol–water partition coefficient (Wildman–Crippen LogP) is 1.00. The summed E-state index contributed by atoms with van der Waals surface area (Å²) >= 11 is 0. The van der Waals surface area contributed by atoms with Crippen LogP contribution in [0.1, 0.15) is 0 Å². The van der Waals surface area contributed by atoms with Crippen molar-refractivity contribution in [1.82, 2.24) is 9.88 Å². The molecule has 0 atom stereocenters. The number of alkyl halides is 3. The second-order valence-electron chi connectivity index (χ2n) is 3.06. The topological polar surface area (TPSA) is 34.0 Å². The van der Waals surface area contributed by atoms with Crippen molar-refractivity contribution in [3.8, 4) is 0 Å². The van der Waals surface area contributed by atoms with Crippen molar-refractivity contribution in [2.75, 3.05) is 13.1 Å². The van der Waals surface area contributed by atoms with Gasteiger partial charge in [0.25, 0.3) is 0 Å². The fourth-order valence-electron chi connectivity index (χ4n) is 1.03. The maximum Gasteiger partial charge on any atom is 0.401 e. The third-order valence-corrected chi connectivity index (χ3v) is 1.73. The lowest BCUT2D eigenvalue weighted by Gasteiger charge is -2.09. The van der Waals surface area contributed by atoms with E-state index in [9.17, 15) is 18.0 Å². The summed E-state index contributed by atoms with van der Waals surface area (Å²) in [5.74, 6) is 0. The molecule has 1 N–H and O–H groups in total. The summed E-state index contributed by atoms with van der Waals surface area (Å²) in [7, 11) is 0. The van der Waals surface area contributed by atoms with Gasteiger partial charge in [-0.3, -0.25) is 4.79 Å². The molecule has 0 aromatic carbocycles. The highest BCUT2D eigenvalue weighted by molar-refractivity contribution is 4.93. The highest BCUT2D eigenvalue weighted by atomic mass is 19.4. The lowest BCUT2D eigenvalue weighted by Crippen LogP contribution is -2.31. The number of aromatic nitrogens is 1. The Labute approximate surface area is 84.5 Å². The van der Waals surface area contributed by atoms with E-state index < -0.39 is 12.7 Å². The number of rotatable bonds is 4. The first-order valence-corrected chi connectivity index (χ1v) is 4.41. The molecule has 1 rings (SSSR count). The third-order valence-electron chi connectivity index (χ3n) is 1.73. The Balaban J connectivity index is 2.26. The molecule has 0 unspecified atom stereocenters. The zero-order valence-corrected chi connectivity index (χ0v) is 7.92. The molecule has 0 spiro atoms. The lowest BCUT2D eigenvalue weighted by atomic mass is 10.4. The maximum atomic E-state index is 11.7. The molecule has 0 saturated heterocycles. The number of nitrogens with one attached hydrogen (secondary N) is 1. The molecule has 0 aliphatic heterocycles. The van der Waals surface area contributed by atoms with Crippen LogP contribution in [0.5, 0.6) is 0 Å². The summed E-state index contributed by atoms with van der Waals surface area (Å²) in [5.41, 5.74) is -0.116. The van der Waals surface area contributed by atoms with Crippen molar-refractivity contribution >= 4 is 0 Å². The molecule has 0 radical (unpaired) electrons. The molecule has 1 heterocycles. The number of hydrogen-bond acceptors (Lipinski definition) is 2. The molecule has 6 heteroatoms. The fraction of sp³-hybridized carbons (Fsp3) is 0.444. The first kappa shape index (κ1) is 11.8. The molecular formula is C9H11F3N2O. The minimum Gasteiger partial charge on any atom is -0.353 e. The van der Waals surface area contributed by atoms with Crippen molar-refractivity contribution in [2.24, 2.45) is 0 Å². The normalized spacial score (nSPS) is 11.7. The van der Waals surface area contributed by atoms with Crippen LogP contribution in [0.3, 0.4) is 0 Å². The van der Waals surface area contributed by atoms with E-state index >= 15 is 0 Å². The van der Waals surface area contributed by atoms with Crippen molar-refractivity contribution in [3.05, 3.63) is 34.7 Å². The van der Waals surface area contributed by atoms with E-state index in [1.54, 1.807) is 4.57 Å². The quantitative estimate of drug-likeness (QED) is 0.768. The van der Waals surface area contributed by atoms with Crippen LogP contribution >= 0.6 is 0 Å². The monoisotopic (exact) mass is 220 g/mol. The Hall–Kier alpha value is -1.30. The Morgan fingerprint density at radius 3 is 2.40 bits per heavy atom. The van der Waals surface area contributed by atoms with E-state index in [0.717, 1.165) is 0 Å². The minimum absolute atomic E-state index is 0.116. The Kier molecular flexibility index (Phi) is 3.90. The zero-order valence-electron chi connectivity index (χ0n) is 7.92. The number of halogens is 3. The Morgan fingerprint density at radius 2 is 1.87 bits per heavy atom. The summed E-state index contributed by atoms with van der Waals surface area (Å²) < 4.78 is 36.8. The second-order valence-corrected chi connectivity index (χ2v) is 3.06. The summed E-state index contributed by atoms with van der Waals surface area (Å²) in [6.07, 6.45) is -1.10. The first-order chi connectivity index (χ1) is 6.97. The molecule has 1 aromatic heterocycles. The largest absolute Gasteiger partial charge is 0.401 e. The molecule has 15 heavy (non-hydrogen) atoms. The van der Waals surface area contributed by atoms with Crippen LogP contribution in [0.25, 0.3) is 0 Å². The molecule has 0 aliphatic rings. The van der Waals surface area contributed by atoms with E-state index in [1.807, 2.05) is 0 Å². The molecule has 0 amide bonds. The summed E-state index contributed by atoms with van der Waals surface area (Å²) in [6, 6.07) is 2.73. The average Bonchev–Trinajstić information content (AvgIpc) is 2.14.